The quantitative estimate of drug-likeness (QED) is 0.610. The van der Waals surface area contributed by atoms with Gasteiger partial charge in [0.1, 0.15) is 5.76 Å². The first-order valence-electron chi connectivity index (χ1n) is 10.1. The number of rotatable bonds is 5. The Labute approximate surface area is 183 Å². The number of hydrogen-bond acceptors (Lipinski definition) is 10. The number of ketones is 1. The van der Waals surface area contributed by atoms with Crippen molar-refractivity contribution in [2.45, 2.75) is 24.8 Å². The van der Waals surface area contributed by atoms with Gasteiger partial charge in [0.2, 0.25) is 17.4 Å². The SMILES string of the molecule is COc1cc([C@@H]2Nc3nonc3NC3=C2C(=O)C[C@@H](c2ccco2)C3)cc(OC)c1OC. The number of fused-ring (bicyclic) bond motifs is 1. The summed E-state index contributed by atoms with van der Waals surface area (Å²) in [6.07, 6.45) is 2.51. The zero-order valence-electron chi connectivity index (χ0n) is 17.8. The summed E-state index contributed by atoms with van der Waals surface area (Å²) >= 11 is 0. The molecule has 3 aromatic rings. The summed E-state index contributed by atoms with van der Waals surface area (Å²) in [5.74, 6) is 2.94. The molecule has 10 nitrogen and oxygen atoms in total. The number of nitrogens with one attached hydrogen (secondary N) is 2. The standard InChI is InChI=1S/C22H22N4O6/c1-28-16-9-12(10-17(29-2)20(16)30-3)19-18-13(23-21-22(24-19)26-32-25-21)7-11(8-14(18)27)15-5-4-6-31-15/h4-6,9-11,19H,7-8H2,1-3H3,(H,23,25)(H,24,26)/t11-,19-/m0/s1. The molecule has 2 aromatic heterocycles. The van der Waals surface area contributed by atoms with Gasteiger partial charge in [0.15, 0.2) is 17.3 Å². The van der Waals surface area contributed by atoms with Crippen LogP contribution < -0.4 is 24.8 Å². The monoisotopic (exact) mass is 438 g/mol. The average Bonchev–Trinajstić information content (AvgIpc) is 3.47. The van der Waals surface area contributed by atoms with Crippen LogP contribution in [0.4, 0.5) is 11.6 Å². The van der Waals surface area contributed by atoms with Crippen molar-refractivity contribution in [1.29, 1.82) is 0 Å². The number of methoxy groups -OCH3 is 3. The summed E-state index contributed by atoms with van der Waals surface area (Å²) in [6.45, 7) is 0. The number of aromatic nitrogens is 2. The second-order valence-corrected chi connectivity index (χ2v) is 7.56. The van der Waals surface area contributed by atoms with Gasteiger partial charge in [-0.15, -0.1) is 0 Å². The van der Waals surface area contributed by atoms with Gasteiger partial charge in [-0.1, -0.05) is 0 Å². The molecule has 1 aromatic carbocycles. The van der Waals surface area contributed by atoms with Crippen molar-refractivity contribution in [3.8, 4) is 17.2 Å². The molecule has 0 saturated heterocycles. The van der Waals surface area contributed by atoms with E-state index in [-0.39, 0.29) is 11.7 Å². The first kappa shape index (κ1) is 20.0. The second kappa shape index (κ2) is 7.95. The summed E-state index contributed by atoms with van der Waals surface area (Å²) < 4.78 is 27.0. The minimum absolute atomic E-state index is 0.00602. The number of allylic oxidation sites excluding steroid dienone is 1. The summed E-state index contributed by atoms with van der Waals surface area (Å²) in [7, 11) is 4.64. The van der Waals surface area contributed by atoms with Crippen molar-refractivity contribution in [3.63, 3.8) is 0 Å². The van der Waals surface area contributed by atoms with Crippen LogP contribution in [0, 0.1) is 0 Å². The molecule has 0 bridgehead atoms. The molecule has 32 heavy (non-hydrogen) atoms. The molecule has 1 aliphatic heterocycles. The number of carbonyl (C=O) groups excluding carboxylic acids is 1. The normalized spacial score (nSPS) is 19.9. The van der Waals surface area contributed by atoms with Crippen LogP contribution in [0.15, 0.2) is 50.8 Å². The molecule has 10 heteroatoms. The van der Waals surface area contributed by atoms with E-state index < -0.39 is 6.04 Å². The van der Waals surface area contributed by atoms with E-state index in [0.29, 0.717) is 47.3 Å². The molecule has 3 heterocycles. The Morgan fingerprint density at radius 2 is 1.78 bits per heavy atom. The van der Waals surface area contributed by atoms with E-state index in [0.717, 1.165) is 17.0 Å². The van der Waals surface area contributed by atoms with E-state index in [9.17, 15) is 4.79 Å². The number of ether oxygens (including phenoxy) is 3. The van der Waals surface area contributed by atoms with E-state index >= 15 is 0 Å². The number of anilines is 2. The highest BCUT2D eigenvalue weighted by molar-refractivity contribution is 6.00. The molecular formula is C22H22N4O6. The fraction of sp³-hybridized carbons (Fsp3) is 0.318. The van der Waals surface area contributed by atoms with Crippen LogP contribution in [0.1, 0.15) is 36.1 Å². The van der Waals surface area contributed by atoms with Crippen LogP contribution in [0.5, 0.6) is 17.2 Å². The lowest BCUT2D eigenvalue weighted by Gasteiger charge is -2.29. The summed E-state index contributed by atoms with van der Waals surface area (Å²) in [4.78, 5) is 13.4. The highest BCUT2D eigenvalue weighted by Gasteiger charge is 2.38. The van der Waals surface area contributed by atoms with Crippen LogP contribution in [0.3, 0.4) is 0 Å². The van der Waals surface area contributed by atoms with Gasteiger partial charge >= 0.3 is 0 Å². The predicted octanol–water partition coefficient (Wildman–Crippen LogP) is 3.67. The third kappa shape index (κ3) is 3.24. The van der Waals surface area contributed by atoms with Gasteiger partial charge < -0.3 is 29.3 Å². The number of benzene rings is 1. The van der Waals surface area contributed by atoms with Gasteiger partial charge in [-0.25, -0.2) is 4.63 Å². The zero-order chi connectivity index (χ0) is 22.2. The van der Waals surface area contributed by atoms with Crippen LogP contribution in [-0.4, -0.2) is 37.4 Å². The first-order chi connectivity index (χ1) is 15.6. The van der Waals surface area contributed by atoms with Gasteiger partial charge in [-0.3, -0.25) is 4.79 Å². The van der Waals surface area contributed by atoms with Crippen LogP contribution in [0.25, 0.3) is 0 Å². The molecule has 166 valence electrons. The molecule has 2 N–H and O–H groups in total. The third-order valence-corrected chi connectivity index (χ3v) is 5.80. The Morgan fingerprint density at radius 1 is 1.03 bits per heavy atom. The highest BCUT2D eigenvalue weighted by atomic mass is 16.6. The van der Waals surface area contributed by atoms with Crippen molar-refractivity contribution < 1.29 is 28.1 Å². The van der Waals surface area contributed by atoms with Crippen molar-refractivity contribution >= 4 is 17.4 Å². The lowest BCUT2D eigenvalue weighted by molar-refractivity contribution is -0.116. The molecule has 0 fully saturated rings. The predicted molar refractivity (Wildman–Crippen MR) is 113 cm³/mol. The fourth-order valence-corrected chi connectivity index (χ4v) is 4.34. The first-order valence-corrected chi connectivity index (χ1v) is 10.1. The highest BCUT2D eigenvalue weighted by Crippen LogP contribution is 2.46. The van der Waals surface area contributed by atoms with Crippen molar-refractivity contribution in [2.75, 3.05) is 32.0 Å². The Kier molecular flexibility index (Phi) is 4.96. The van der Waals surface area contributed by atoms with E-state index in [4.69, 9.17) is 23.3 Å². The number of furan rings is 1. The largest absolute Gasteiger partial charge is 0.493 e. The molecule has 0 spiro atoms. The smallest absolute Gasteiger partial charge is 0.219 e. The van der Waals surface area contributed by atoms with Gasteiger partial charge in [0, 0.05) is 23.6 Å². The maximum atomic E-state index is 13.4. The number of hydrogen-bond donors (Lipinski definition) is 2. The number of Topliss-reactive ketones (excluding diaryl/α,β-unsaturated/α-hetero) is 1. The lowest BCUT2D eigenvalue weighted by Crippen LogP contribution is -2.27. The van der Waals surface area contributed by atoms with Gasteiger partial charge in [0.05, 0.1) is 33.6 Å². The van der Waals surface area contributed by atoms with Crippen molar-refractivity contribution in [3.05, 3.63) is 53.1 Å². The molecule has 0 amide bonds. The molecule has 0 saturated carbocycles. The van der Waals surface area contributed by atoms with Crippen molar-refractivity contribution in [1.82, 2.24) is 10.3 Å². The Balaban J connectivity index is 1.64. The van der Waals surface area contributed by atoms with Crippen molar-refractivity contribution in [2.24, 2.45) is 0 Å². The Bertz CT molecular complexity index is 1160. The Hall–Kier alpha value is -3.95. The minimum Gasteiger partial charge on any atom is -0.493 e. The average molecular weight is 438 g/mol. The second-order valence-electron chi connectivity index (χ2n) is 7.56. The number of nitrogens with zero attached hydrogens (tertiary/aromatic N) is 2. The Morgan fingerprint density at radius 3 is 2.44 bits per heavy atom. The molecule has 0 unspecified atom stereocenters. The van der Waals surface area contributed by atoms with Crippen LogP contribution in [0.2, 0.25) is 0 Å². The van der Waals surface area contributed by atoms with Gasteiger partial charge in [0.25, 0.3) is 0 Å². The molecular weight excluding hydrogens is 416 g/mol. The zero-order valence-corrected chi connectivity index (χ0v) is 17.8. The summed E-state index contributed by atoms with van der Waals surface area (Å²) in [5.41, 5.74) is 2.08. The summed E-state index contributed by atoms with van der Waals surface area (Å²) in [5, 5.41) is 14.4. The summed E-state index contributed by atoms with van der Waals surface area (Å²) in [6, 6.07) is 6.80. The van der Waals surface area contributed by atoms with E-state index in [1.54, 1.807) is 27.6 Å². The molecule has 2 aliphatic rings. The molecule has 0 radical (unpaired) electrons. The number of carbonyl (C=O) groups is 1. The third-order valence-electron chi connectivity index (χ3n) is 5.80. The van der Waals surface area contributed by atoms with E-state index in [1.807, 2.05) is 24.3 Å². The fourth-order valence-electron chi connectivity index (χ4n) is 4.34. The van der Waals surface area contributed by atoms with Crippen LogP contribution in [-0.2, 0) is 4.79 Å². The minimum atomic E-state index is -0.538. The van der Waals surface area contributed by atoms with Gasteiger partial charge in [-0.05, 0) is 46.6 Å². The lowest BCUT2D eigenvalue weighted by atomic mass is 9.80. The molecule has 1 aliphatic carbocycles. The van der Waals surface area contributed by atoms with Gasteiger partial charge in [-0.2, -0.15) is 0 Å². The molecule has 2 atom stereocenters. The maximum absolute atomic E-state index is 13.4. The maximum Gasteiger partial charge on any atom is 0.219 e. The van der Waals surface area contributed by atoms with Crippen LogP contribution >= 0.6 is 0 Å². The molecule has 5 rings (SSSR count). The topological polar surface area (TPSA) is 121 Å². The van der Waals surface area contributed by atoms with E-state index in [1.165, 1.54) is 0 Å². The van der Waals surface area contributed by atoms with E-state index in [2.05, 4.69) is 20.9 Å².